The molecule has 2 rings (SSSR count). The Bertz CT molecular complexity index is 516. The number of nitrogens with one attached hydrogen (secondary N) is 1. The first-order valence-corrected chi connectivity index (χ1v) is 6.12. The molecule has 0 amide bonds. The van der Waals surface area contributed by atoms with Gasteiger partial charge in [-0.05, 0) is 36.8 Å². The molecule has 0 aliphatic rings. The molecule has 1 unspecified atom stereocenters. The third kappa shape index (κ3) is 3.28. The lowest BCUT2D eigenvalue weighted by Crippen LogP contribution is -2.18. The Morgan fingerprint density at radius 1 is 1.39 bits per heavy atom. The number of benzene rings is 1. The smallest absolute Gasteiger partial charge is 0.127 e. The lowest BCUT2D eigenvalue weighted by atomic mass is 10.1. The summed E-state index contributed by atoms with van der Waals surface area (Å²) in [5.41, 5.74) is 1.64. The van der Waals surface area contributed by atoms with Crippen molar-refractivity contribution in [3.63, 3.8) is 0 Å². The zero-order valence-corrected chi connectivity index (χ0v) is 10.8. The molecular formula is C14H14ClFN2. The molecular weight excluding hydrogens is 251 g/mol. The predicted octanol–water partition coefficient (Wildman–Crippen LogP) is 3.72. The van der Waals surface area contributed by atoms with E-state index in [-0.39, 0.29) is 11.9 Å². The van der Waals surface area contributed by atoms with Crippen LogP contribution in [0, 0.1) is 5.82 Å². The van der Waals surface area contributed by atoms with Crippen LogP contribution in [0.4, 0.5) is 4.39 Å². The molecule has 1 aromatic heterocycles. The molecule has 1 atom stereocenters. The fourth-order valence-corrected chi connectivity index (χ4v) is 1.89. The monoisotopic (exact) mass is 264 g/mol. The van der Waals surface area contributed by atoms with Crippen molar-refractivity contribution in [1.82, 2.24) is 10.3 Å². The van der Waals surface area contributed by atoms with E-state index in [1.165, 1.54) is 6.07 Å². The van der Waals surface area contributed by atoms with Crippen molar-refractivity contribution in [2.45, 2.75) is 19.5 Å². The Morgan fingerprint density at radius 3 is 2.94 bits per heavy atom. The third-order valence-electron chi connectivity index (χ3n) is 2.79. The summed E-state index contributed by atoms with van der Waals surface area (Å²) in [6.07, 6.45) is 3.53. The second-order valence-electron chi connectivity index (χ2n) is 4.12. The number of halogens is 2. The van der Waals surface area contributed by atoms with Gasteiger partial charge in [-0.15, -0.1) is 0 Å². The number of aromatic nitrogens is 1. The van der Waals surface area contributed by atoms with E-state index in [1.54, 1.807) is 24.5 Å². The molecule has 18 heavy (non-hydrogen) atoms. The topological polar surface area (TPSA) is 24.9 Å². The molecule has 1 aromatic carbocycles. The Kier molecular flexibility index (Phi) is 4.28. The molecule has 2 aromatic rings. The maximum atomic E-state index is 13.5. The van der Waals surface area contributed by atoms with Gasteiger partial charge >= 0.3 is 0 Å². The summed E-state index contributed by atoms with van der Waals surface area (Å²) in [7, 11) is 0. The summed E-state index contributed by atoms with van der Waals surface area (Å²) >= 11 is 5.84. The van der Waals surface area contributed by atoms with Crippen molar-refractivity contribution in [2.75, 3.05) is 0 Å². The predicted molar refractivity (Wildman–Crippen MR) is 70.9 cm³/mol. The van der Waals surface area contributed by atoms with Gasteiger partial charge in [0.1, 0.15) is 5.82 Å². The summed E-state index contributed by atoms with van der Waals surface area (Å²) in [6.45, 7) is 2.45. The molecule has 2 nitrogen and oxygen atoms in total. The van der Waals surface area contributed by atoms with Crippen LogP contribution in [0.1, 0.15) is 24.1 Å². The van der Waals surface area contributed by atoms with Gasteiger partial charge in [0.15, 0.2) is 0 Å². The van der Waals surface area contributed by atoms with Crippen LogP contribution in [0.5, 0.6) is 0 Å². The summed E-state index contributed by atoms with van der Waals surface area (Å²) in [5.74, 6) is -0.245. The van der Waals surface area contributed by atoms with Crippen LogP contribution in [0.2, 0.25) is 5.02 Å². The molecule has 0 aliphatic heterocycles. The Labute approximate surface area is 111 Å². The van der Waals surface area contributed by atoms with Gasteiger partial charge in [-0.25, -0.2) is 4.39 Å². The Morgan fingerprint density at radius 2 is 2.22 bits per heavy atom. The highest BCUT2D eigenvalue weighted by Gasteiger charge is 2.07. The van der Waals surface area contributed by atoms with E-state index in [2.05, 4.69) is 10.3 Å². The molecule has 0 saturated heterocycles. The average Bonchev–Trinajstić information content (AvgIpc) is 2.40. The Balaban J connectivity index is 2.01. The number of nitrogens with zero attached hydrogens (tertiary/aromatic N) is 1. The van der Waals surface area contributed by atoms with E-state index >= 15 is 0 Å². The van der Waals surface area contributed by atoms with Gasteiger partial charge in [0.2, 0.25) is 0 Å². The maximum Gasteiger partial charge on any atom is 0.127 e. The average molecular weight is 265 g/mol. The first kappa shape index (κ1) is 13.0. The van der Waals surface area contributed by atoms with E-state index in [1.807, 2.05) is 19.1 Å². The minimum atomic E-state index is -0.245. The van der Waals surface area contributed by atoms with E-state index in [0.29, 0.717) is 17.1 Å². The third-order valence-corrected chi connectivity index (χ3v) is 3.03. The molecule has 0 aliphatic carbocycles. The van der Waals surface area contributed by atoms with Crippen molar-refractivity contribution >= 4 is 11.6 Å². The van der Waals surface area contributed by atoms with Crippen LogP contribution < -0.4 is 5.32 Å². The number of hydrogen-bond acceptors (Lipinski definition) is 2. The standard InChI is InChI=1S/C14H14ClFN2/c1-10(11-3-2-6-17-8-11)18-9-12-7-13(15)4-5-14(12)16/h2-8,10,18H,9H2,1H3. The van der Waals surface area contributed by atoms with Crippen molar-refractivity contribution in [1.29, 1.82) is 0 Å². The summed E-state index contributed by atoms with van der Waals surface area (Å²) in [5, 5.41) is 3.79. The van der Waals surface area contributed by atoms with E-state index < -0.39 is 0 Å². The highest BCUT2D eigenvalue weighted by atomic mass is 35.5. The largest absolute Gasteiger partial charge is 0.306 e. The van der Waals surface area contributed by atoms with Gasteiger partial charge in [-0.1, -0.05) is 17.7 Å². The Hall–Kier alpha value is -1.45. The number of rotatable bonds is 4. The second kappa shape index (κ2) is 5.94. The normalized spacial score (nSPS) is 12.4. The van der Waals surface area contributed by atoms with Gasteiger partial charge in [0.25, 0.3) is 0 Å². The summed E-state index contributed by atoms with van der Waals surface area (Å²) < 4.78 is 13.5. The van der Waals surface area contributed by atoms with Crippen LogP contribution >= 0.6 is 11.6 Å². The zero-order valence-electron chi connectivity index (χ0n) is 10.0. The second-order valence-corrected chi connectivity index (χ2v) is 4.56. The minimum Gasteiger partial charge on any atom is -0.306 e. The van der Waals surface area contributed by atoms with E-state index in [4.69, 9.17) is 11.6 Å². The van der Waals surface area contributed by atoms with Crippen LogP contribution in [0.25, 0.3) is 0 Å². The van der Waals surface area contributed by atoms with Crippen molar-refractivity contribution < 1.29 is 4.39 Å². The van der Waals surface area contributed by atoms with Crippen molar-refractivity contribution in [3.8, 4) is 0 Å². The lowest BCUT2D eigenvalue weighted by molar-refractivity contribution is 0.543. The quantitative estimate of drug-likeness (QED) is 0.910. The molecule has 0 radical (unpaired) electrons. The molecule has 1 N–H and O–H groups in total. The van der Waals surface area contributed by atoms with Crippen LogP contribution in [-0.2, 0) is 6.54 Å². The molecule has 0 saturated carbocycles. The minimum absolute atomic E-state index is 0.108. The molecule has 1 heterocycles. The van der Waals surface area contributed by atoms with E-state index in [9.17, 15) is 4.39 Å². The zero-order chi connectivity index (χ0) is 13.0. The molecule has 94 valence electrons. The molecule has 0 spiro atoms. The molecule has 0 fully saturated rings. The van der Waals surface area contributed by atoms with Crippen LogP contribution in [-0.4, -0.2) is 4.98 Å². The van der Waals surface area contributed by atoms with Gasteiger partial charge in [-0.3, -0.25) is 4.98 Å². The number of hydrogen-bond donors (Lipinski definition) is 1. The van der Waals surface area contributed by atoms with Crippen LogP contribution in [0.3, 0.4) is 0 Å². The summed E-state index contributed by atoms with van der Waals surface area (Å²) in [6, 6.07) is 8.54. The number of pyridine rings is 1. The van der Waals surface area contributed by atoms with Gasteiger partial charge in [-0.2, -0.15) is 0 Å². The fraction of sp³-hybridized carbons (Fsp3) is 0.214. The van der Waals surface area contributed by atoms with Gasteiger partial charge in [0, 0.05) is 35.6 Å². The van der Waals surface area contributed by atoms with Crippen LogP contribution in [0.15, 0.2) is 42.7 Å². The van der Waals surface area contributed by atoms with Gasteiger partial charge in [0.05, 0.1) is 0 Å². The van der Waals surface area contributed by atoms with Gasteiger partial charge < -0.3 is 5.32 Å². The highest BCUT2D eigenvalue weighted by molar-refractivity contribution is 6.30. The first-order valence-electron chi connectivity index (χ1n) is 5.74. The van der Waals surface area contributed by atoms with Crippen molar-refractivity contribution in [3.05, 3.63) is 64.7 Å². The summed E-state index contributed by atoms with van der Waals surface area (Å²) in [4.78, 5) is 4.06. The van der Waals surface area contributed by atoms with Crippen molar-refractivity contribution in [2.24, 2.45) is 0 Å². The van der Waals surface area contributed by atoms with E-state index in [0.717, 1.165) is 5.56 Å². The maximum absolute atomic E-state index is 13.5. The highest BCUT2D eigenvalue weighted by Crippen LogP contribution is 2.16. The molecule has 0 bridgehead atoms. The molecule has 4 heteroatoms. The fourth-order valence-electron chi connectivity index (χ4n) is 1.69. The SMILES string of the molecule is CC(NCc1cc(Cl)ccc1F)c1cccnc1. The first-order chi connectivity index (χ1) is 8.66. The lowest BCUT2D eigenvalue weighted by Gasteiger charge is -2.14.